The fourth-order valence-corrected chi connectivity index (χ4v) is 4.04. The van der Waals surface area contributed by atoms with Gasteiger partial charge >= 0.3 is 0 Å². The quantitative estimate of drug-likeness (QED) is 0.594. The molecule has 4 rings (SSSR count). The van der Waals surface area contributed by atoms with E-state index in [0.717, 1.165) is 17.2 Å². The molecule has 1 aliphatic rings. The molecule has 0 radical (unpaired) electrons. The Hall–Kier alpha value is -3.32. The third kappa shape index (κ3) is 4.62. The maximum atomic E-state index is 13.2. The number of aryl methyl sites for hydroxylation is 1. The molecule has 0 spiro atoms. The average Bonchev–Trinajstić information content (AvgIpc) is 3.12. The summed E-state index contributed by atoms with van der Waals surface area (Å²) in [5.41, 5.74) is 2.48. The predicted molar refractivity (Wildman–Crippen MR) is 122 cm³/mol. The van der Waals surface area contributed by atoms with Crippen molar-refractivity contribution in [2.24, 2.45) is 0 Å². The molecule has 2 aromatic heterocycles. The molecule has 0 atom stereocenters. The van der Waals surface area contributed by atoms with Crippen molar-refractivity contribution in [1.29, 1.82) is 0 Å². The molecule has 0 aliphatic carbocycles. The van der Waals surface area contributed by atoms with Crippen molar-refractivity contribution in [1.82, 2.24) is 19.4 Å². The van der Waals surface area contributed by atoms with Gasteiger partial charge in [-0.2, -0.15) is 0 Å². The third-order valence-corrected chi connectivity index (χ3v) is 5.89. The van der Waals surface area contributed by atoms with Crippen molar-refractivity contribution in [3.05, 3.63) is 76.7 Å². The van der Waals surface area contributed by atoms with E-state index in [4.69, 9.17) is 16.3 Å². The van der Waals surface area contributed by atoms with Crippen LogP contribution < -0.4 is 4.74 Å². The minimum atomic E-state index is -0.0969. The van der Waals surface area contributed by atoms with Crippen molar-refractivity contribution in [2.75, 3.05) is 32.8 Å². The van der Waals surface area contributed by atoms with Crippen molar-refractivity contribution in [3.63, 3.8) is 0 Å². The van der Waals surface area contributed by atoms with E-state index >= 15 is 0 Å². The molecule has 3 heterocycles. The standard InChI is InChI=1S/C24H25ClN4O3/c1-17-15-21(18(2)29(17)22-5-3-4-10-26-22)24(31)28-13-11-27(12-14-28)23(30)16-32-20-8-6-19(25)7-9-20/h3-10,15H,11-14,16H2,1-2H3. The number of ether oxygens (including phenoxy) is 1. The van der Waals surface area contributed by atoms with Crippen LogP contribution >= 0.6 is 11.6 Å². The molecular weight excluding hydrogens is 428 g/mol. The number of halogens is 1. The molecule has 8 heteroatoms. The van der Waals surface area contributed by atoms with Crippen LogP contribution in [0.15, 0.2) is 54.7 Å². The van der Waals surface area contributed by atoms with Gasteiger partial charge < -0.3 is 19.1 Å². The van der Waals surface area contributed by atoms with E-state index in [1.807, 2.05) is 42.7 Å². The lowest BCUT2D eigenvalue weighted by atomic mass is 10.2. The Morgan fingerprint density at radius 3 is 2.34 bits per heavy atom. The van der Waals surface area contributed by atoms with Gasteiger partial charge in [0.25, 0.3) is 11.8 Å². The first-order valence-electron chi connectivity index (χ1n) is 10.5. The zero-order valence-electron chi connectivity index (χ0n) is 18.1. The van der Waals surface area contributed by atoms with Crippen molar-refractivity contribution in [2.45, 2.75) is 13.8 Å². The van der Waals surface area contributed by atoms with Gasteiger partial charge in [0.1, 0.15) is 11.6 Å². The second kappa shape index (κ2) is 9.44. The number of hydrogen-bond donors (Lipinski definition) is 0. The number of aromatic nitrogens is 2. The van der Waals surface area contributed by atoms with Crippen LogP contribution in [0.3, 0.4) is 0 Å². The first-order chi connectivity index (χ1) is 15.4. The van der Waals surface area contributed by atoms with E-state index in [1.54, 1.807) is 40.3 Å². The second-order valence-electron chi connectivity index (χ2n) is 7.72. The van der Waals surface area contributed by atoms with Crippen LogP contribution in [0, 0.1) is 13.8 Å². The van der Waals surface area contributed by atoms with Crippen LogP contribution in [-0.4, -0.2) is 64.0 Å². The van der Waals surface area contributed by atoms with Gasteiger partial charge in [-0.1, -0.05) is 17.7 Å². The van der Waals surface area contributed by atoms with Crippen LogP contribution in [-0.2, 0) is 4.79 Å². The summed E-state index contributed by atoms with van der Waals surface area (Å²) in [6.45, 7) is 5.79. The molecule has 1 aliphatic heterocycles. The zero-order chi connectivity index (χ0) is 22.7. The SMILES string of the molecule is Cc1cc(C(=O)N2CCN(C(=O)COc3ccc(Cl)cc3)CC2)c(C)n1-c1ccccn1. The lowest BCUT2D eigenvalue weighted by molar-refractivity contribution is -0.134. The molecule has 0 N–H and O–H groups in total. The highest BCUT2D eigenvalue weighted by molar-refractivity contribution is 6.30. The Bertz CT molecular complexity index is 1100. The lowest BCUT2D eigenvalue weighted by Crippen LogP contribution is -2.51. The van der Waals surface area contributed by atoms with Crippen LogP contribution in [0.4, 0.5) is 0 Å². The third-order valence-electron chi connectivity index (χ3n) is 5.64. The maximum Gasteiger partial charge on any atom is 0.260 e. The van der Waals surface area contributed by atoms with E-state index in [1.165, 1.54) is 0 Å². The first kappa shape index (κ1) is 21.9. The van der Waals surface area contributed by atoms with Gasteiger partial charge in [0.15, 0.2) is 6.61 Å². The van der Waals surface area contributed by atoms with Gasteiger partial charge in [-0.05, 0) is 56.3 Å². The van der Waals surface area contributed by atoms with Gasteiger partial charge in [-0.25, -0.2) is 4.98 Å². The Kier molecular flexibility index (Phi) is 6.46. The molecule has 0 saturated carbocycles. The van der Waals surface area contributed by atoms with E-state index in [9.17, 15) is 9.59 Å². The van der Waals surface area contributed by atoms with E-state index < -0.39 is 0 Å². The summed E-state index contributed by atoms with van der Waals surface area (Å²) in [5, 5.41) is 0.616. The monoisotopic (exact) mass is 452 g/mol. The van der Waals surface area contributed by atoms with Crippen LogP contribution in [0.25, 0.3) is 5.82 Å². The molecule has 1 aromatic carbocycles. The number of carbonyl (C=O) groups excluding carboxylic acids is 2. The van der Waals surface area contributed by atoms with Gasteiger partial charge in [-0.15, -0.1) is 0 Å². The number of nitrogens with zero attached hydrogens (tertiary/aromatic N) is 4. The number of amides is 2. The van der Waals surface area contributed by atoms with Gasteiger partial charge in [-0.3, -0.25) is 9.59 Å². The smallest absolute Gasteiger partial charge is 0.260 e. The molecule has 1 fully saturated rings. The Balaban J connectivity index is 1.35. The predicted octanol–water partition coefficient (Wildman–Crippen LogP) is 3.51. The normalized spacial score (nSPS) is 13.8. The second-order valence-corrected chi connectivity index (χ2v) is 8.16. The topological polar surface area (TPSA) is 67.7 Å². The van der Waals surface area contributed by atoms with Crippen molar-refractivity contribution >= 4 is 23.4 Å². The van der Waals surface area contributed by atoms with Crippen molar-refractivity contribution < 1.29 is 14.3 Å². The number of carbonyl (C=O) groups is 2. The van der Waals surface area contributed by atoms with E-state index in [-0.39, 0.29) is 18.4 Å². The molecule has 0 unspecified atom stereocenters. The van der Waals surface area contributed by atoms with Crippen LogP contribution in [0.1, 0.15) is 21.7 Å². The molecule has 7 nitrogen and oxygen atoms in total. The number of piperazine rings is 1. The highest BCUT2D eigenvalue weighted by atomic mass is 35.5. The Morgan fingerprint density at radius 2 is 1.69 bits per heavy atom. The molecule has 2 amide bonds. The zero-order valence-corrected chi connectivity index (χ0v) is 18.9. The summed E-state index contributed by atoms with van der Waals surface area (Å²) in [7, 11) is 0. The Morgan fingerprint density at radius 1 is 1.00 bits per heavy atom. The fourth-order valence-electron chi connectivity index (χ4n) is 3.91. The molecular formula is C24H25ClN4O3. The average molecular weight is 453 g/mol. The highest BCUT2D eigenvalue weighted by Crippen LogP contribution is 2.22. The lowest BCUT2D eigenvalue weighted by Gasteiger charge is -2.34. The summed E-state index contributed by atoms with van der Waals surface area (Å²) in [6.07, 6.45) is 1.74. The van der Waals surface area contributed by atoms with E-state index in [2.05, 4.69) is 4.98 Å². The van der Waals surface area contributed by atoms with Crippen LogP contribution in [0.5, 0.6) is 5.75 Å². The molecule has 166 valence electrons. The van der Waals surface area contributed by atoms with Gasteiger partial charge in [0.2, 0.25) is 0 Å². The summed E-state index contributed by atoms with van der Waals surface area (Å²) >= 11 is 5.86. The molecule has 3 aromatic rings. The number of pyridine rings is 1. The summed E-state index contributed by atoms with van der Waals surface area (Å²) in [5.74, 6) is 1.27. The number of benzene rings is 1. The maximum absolute atomic E-state index is 13.2. The largest absolute Gasteiger partial charge is 0.484 e. The minimum Gasteiger partial charge on any atom is -0.484 e. The minimum absolute atomic E-state index is 0.0233. The summed E-state index contributed by atoms with van der Waals surface area (Å²) in [6, 6.07) is 14.5. The first-order valence-corrected chi connectivity index (χ1v) is 10.9. The van der Waals surface area contributed by atoms with Gasteiger partial charge in [0.05, 0.1) is 5.56 Å². The molecule has 0 bridgehead atoms. The van der Waals surface area contributed by atoms with Crippen molar-refractivity contribution in [3.8, 4) is 11.6 Å². The fraction of sp³-hybridized carbons (Fsp3) is 0.292. The van der Waals surface area contributed by atoms with Gasteiger partial charge in [0, 0.05) is 48.8 Å². The molecule has 32 heavy (non-hydrogen) atoms. The Labute approximate surface area is 192 Å². The summed E-state index contributed by atoms with van der Waals surface area (Å²) in [4.78, 5) is 33.6. The highest BCUT2D eigenvalue weighted by Gasteiger charge is 2.27. The summed E-state index contributed by atoms with van der Waals surface area (Å²) < 4.78 is 7.54. The van der Waals surface area contributed by atoms with Crippen LogP contribution in [0.2, 0.25) is 5.02 Å². The van der Waals surface area contributed by atoms with E-state index in [0.29, 0.717) is 42.5 Å². The number of hydrogen-bond acceptors (Lipinski definition) is 4. The number of rotatable bonds is 5. The molecule has 1 saturated heterocycles.